The fraction of sp³-hybridized carbons (Fsp3) is 0.375. The minimum atomic E-state index is 0.0926. The number of nitrogens with zero attached hydrogens (tertiary/aromatic N) is 4. The lowest BCUT2D eigenvalue weighted by Gasteiger charge is -2.41. The summed E-state index contributed by atoms with van der Waals surface area (Å²) in [6, 6.07) is 13.8. The number of hydrogen-bond acceptors (Lipinski definition) is 3. The molecular formula is C24H26N4O. The standard InChI is InChI=1S/C24H26N4O/c29-24(27-14-12-18-7-4-5-8-20(18)16-27)22-17-28(21-10-2-1-3-11-21)26-23(22)19-9-6-13-25-15-19/h1-3,6,9-11,13,15,17-18,20H,4-5,7-8,12,14,16H2/t18-,20+/m1/s1. The number of carbonyl (C=O) groups is 1. The van der Waals surface area contributed by atoms with Gasteiger partial charge >= 0.3 is 0 Å². The summed E-state index contributed by atoms with van der Waals surface area (Å²) in [5.74, 6) is 1.56. The van der Waals surface area contributed by atoms with E-state index in [2.05, 4.69) is 9.88 Å². The first-order valence-corrected chi connectivity index (χ1v) is 10.6. The molecule has 3 aromatic rings. The van der Waals surface area contributed by atoms with Crippen LogP contribution in [-0.2, 0) is 0 Å². The summed E-state index contributed by atoms with van der Waals surface area (Å²) in [5, 5.41) is 4.78. The SMILES string of the molecule is O=C(c1cn(-c2ccccc2)nc1-c1cccnc1)N1CC[C@H]2CCCC[C@H]2C1. The van der Waals surface area contributed by atoms with E-state index in [1.54, 1.807) is 12.4 Å². The third-order valence-corrected chi connectivity index (χ3v) is 6.48. The van der Waals surface area contributed by atoms with Gasteiger partial charge in [0.05, 0.1) is 11.3 Å². The maximum atomic E-state index is 13.6. The number of amides is 1. The van der Waals surface area contributed by atoms with Gasteiger partial charge in [-0.3, -0.25) is 9.78 Å². The summed E-state index contributed by atoms with van der Waals surface area (Å²) in [4.78, 5) is 19.9. The second kappa shape index (κ2) is 7.82. The third-order valence-electron chi connectivity index (χ3n) is 6.48. The van der Waals surface area contributed by atoms with Crippen molar-refractivity contribution in [3.63, 3.8) is 0 Å². The Morgan fingerprint density at radius 3 is 2.59 bits per heavy atom. The molecule has 3 heterocycles. The summed E-state index contributed by atoms with van der Waals surface area (Å²) >= 11 is 0. The van der Waals surface area contributed by atoms with E-state index in [4.69, 9.17) is 5.10 Å². The number of hydrogen-bond donors (Lipinski definition) is 0. The Morgan fingerprint density at radius 1 is 0.966 bits per heavy atom. The van der Waals surface area contributed by atoms with Crippen molar-refractivity contribution < 1.29 is 4.79 Å². The minimum Gasteiger partial charge on any atom is -0.338 e. The summed E-state index contributed by atoms with van der Waals surface area (Å²) in [6.07, 6.45) is 11.8. The van der Waals surface area contributed by atoms with Crippen LogP contribution < -0.4 is 0 Å². The van der Waals surface area contributed by atoms with Crippen molar-refractivity contribution in [1.29, 1.82) is 0 Å². The van der Waals surface area contributed by atoms with Gasteiger partial charge in [-0.15, -0.1) is 0 Å². The van der Waals surface area contributed by atoms with Crippen LogP contribution in [0, 0.1) is 11.8 Å². The van der Waals surface area contributed by atoms with Crippen LogP contribution in [0.25, 0.3) is 16.9 Å². The Morgan fingerprint density at radius 2 is 1.79 bits per heavy atom. The van der Waals surface area contributed by atoms with Gasteiger partial charge in [0.15, 0.2) is 0 Å². The fourth-order valence-electron chi connectivity index (χ4n) is 4.92. The second-order valence-electron chi connectivity index (χ2n) is 8.26. The maximum absolute atomic E-state index is 13.6. The molecule has 2 fully saturated rings. The predicted octanol–water partition coefficient (Wildman–Crippen LogP) is 4.59. The molecule has 1 amide bonds. The minimum absolute atomic E-state index is 0.0926. The van der Waals surface area contributed by atoms with Crippen molar-refractivity contribution >= 4 is 5.91 Å². The Labute approximate surface area is 171 Å². The molecule has 5 heteroatoms. The Kier molecular flexibility index (Phi) is 4.88. The molecule has 0 N–H and O–H groups in total. The van der Waals surface area contributed by atoms with Crippen LogP contribution >= 0.6 is 0 Å². The quantitative estimate of drug-likeness (QED) is 0.662. The van der Waals surface area contributed by atoms with Crippen LogP contribution in [0.1, 0.15) is 42.5 Å². The van der Waals surface area contributed by atoms with Crippen molar-refractivity contribution in [3.05, 3.63) is 66.6 Å². The number of para-hydroxylation sites is 1. The number of fused-ring (bicyclic) bond motifs is 1. The van der Waals surface area contributed by atoms with Gasteiger partial charge < -0.3 is 4.90 Å². The van der Waals surface area contributed by atoms with E-state index < -0.39 is 0 Å². The summed E-state index contributed by atoms with van der Waals surface area (Å²) in [7, 11) is 0. The van der Waals surface area contributed by atoms with E-state index in [9.17, 15) is 4.79 Å². The lowest BCUT2D eigenvalue weighted by atomic mass is 9.75. The molecule has 0 radical (unpaired) electrons. The molecule has 0 spiro atoms. The predicted molar refractivity (Wildman–Crippen MR) is 113 cm³/mol. The van der Waals surface area contributed by atoms with Crippen molar-refractivity contribution in [1.82, 2.24) is 19.7 Å². The van der Waals surface area contributed by atoms with Gasteiger partial charge in [-0.2, -0.15) is 5.10 Å². The molecule has 5 nitrogen and oxygen atoms in total. The molecular weight excluding hydrogens is 360 g/mol. The van der Waals surface area contributed by atoms with Crippen LogP contribution in [0.2, 0.25) is 0 Å². The first-order chi connectivity index (χ1) is 14.3. The number of aromatic nitrogens is 3. The van der Waals surface area contributed by atoms with E-state index in [-0.39, 0.29) is 5.91 Å². The number of benzene rings is 1. The highest BCUT2D eigenvalue weighted by Crippen LogP contribution is 2.37. The van der Waals surface area contributed by atoms with Gasteiger partial charge in [-0.05, 0) is 48.9 Å². The zero-order chi connectivity index (χ0) is 19.6. The van der Waals surface area contributed by atoms with Crippen molar-refractivity contribution in [2.45, 2.75) is 32.1 Å². The molecule has 2 atom stereocenters. The van der Waals surface area contributed by atoms with Crippen LogP contribution in [0.5, 0.6) is 0 Å². The van der Waals surface area contributed by atoms with Gasteiger partial charge in [0.2, 0.25) is 0 Å². The fourth-order valence-corrected chi connectivity index (χ4v) is 4.92. The lowest BCUT2D eigenvalue weighted by Crippen LogP contribution is -2.44. The number of carbonyl (C=O) groups excluding carboxylic acids is 1. The van der Waals surface area contributed by atoms with Crippen LogP contribution in [0.3, 0.4) is 0 Å². The molecule has 1 saturated heterocycles. The zero-order valence-corrected chi connectivity index (χ0v) is 16.6. The number of rotatable bonds is 3. The van der Waals surface area contributed by atoms with E-state index >= 15 is 0 Å². The molecule has 1 saturated carbocycles. The summed E-state index contributed by atoms with van der Waals surface area (Å²) < 4.78 is 1.81. The Bertz CT molecular complexity index is 983. The van der Waals surface area contributed by atoms with E-state index in [0.717, 1.165) is 36.7 Å². The van der Waals surface area contributed by atoms with E-state index in [0.29, 0.717) is 17.2 Å². The molecule has 29 heavy (non-hydrogen) atoms. The smallest absolute Gasteiger partial charge is 0.257 e. The molecule has 2 aromatic heterocycles. The van der Waals surface area contributed by atoms with Crippen LogP contribution in [0.4, 0.5) is 0 Å². The molecule has 1 aliphatic heterocycles. The number of likely N-dealkylation sites (tertiary alicyclic amines) is 1. The largest absolute Gasteiger partial charge is 0.338 e. The van der Waals surface area contributed by atoms with Crippen molar-refractivity contribution in [2.75, 3.05) is 13.1 Å². The van der Waals surface area contributed by atoms with Gasteiger partial charge in [0.25, 0.3) is 5.91 Å². The first-order valence-electron chi connectivity index (χ1n) is 10.6. The van der Waals surface area contributed by atoms with Crippen LogP contribution in [-0.4, -0.2) is 38.7 Å². The van der Waals surface area contributed by atoms with E-state index in [1.165, 1.54) is 25.7 Å². The highest BCUT2D eigenvalue weighted by molar-refractivity contribution is 6.00. The molecule has 0 unspecified atom stereocenters. The average molecular weight is 386 g/mol. The highest BCUT2D eigenvalue weighted by atomic mass is 16.2. The normalized spacial score (nSPS) is 21.6. The third kappa shape index (κ3) is 3.57. The molecule has 0 bridgehead atoms. The topological polar surface area (TPSA) is 51.0 Å². The monoisotopic (exact) mass is 386 g/mol. The number of piperidine rings is 1. The van der Waals surface area contributed by atoms with Crippen molar-refractivity contribution in [3.8, 4) is 16.9 Å². The summed E-state index contributed by atoms with van der Waals surface area (Å²) in [5.41, 5.74) is 3.19. The summed E-state index contributed by atoms with van der Waals surface area (Å²) in [6.45, 7) is 1.73. The Balaban J connectivity index is 1.49. The first kappa shape index (κ1) is 18.1. The van der Waals surface area contributed by atoms with Crippen LogP contribution in [0.15, 0.2) is 61.1 Å². The molecule has 2 aliphatic rings. The Hall–Kier alpha value is -2.95. The highest BCUT2D eigenvalue weighted by Gasteiger charge is 2.34. The van der Waals surface area contributed by atoms with E-state index in [1.807, 2.05) is 53.3 Å². The van der Waals surface area contributed by atoms with Crippen molar-refractivity contribution in [2.24, 2.45) is 11.8 Å². The second-order valence-corrected chi connectivity index (χ2v) is 8.26. The molecule has 1 aliphatic carbocycles. The molecule has 1 aromatic carbocycles. The zero-order valence-electron chi connectivity index (χ0n) is 16.6. The maximum Gasteiger partial charge on any atom is 0.257 e. The molecule has 5 rings (SSSR count). The average Bonchev–Trinajstić information content (AvgIpc) is 3.25. The lowest BCUT2D eigenvalue weighted by molar-refractivity contribution is 0.0521. The van der Waals surface area contributed by atoms with Gasteiger partial charge in [-0.1, -0.05) is 37.5 Å². The van der Waals surface area contributed by atoms with Gasteiger partial charge in [0, 0.05) is 37.2 Å². The number of pyridine rings is 1. The molecule has 148 valence electrons. The van der Waals surface area contributed by atoms with Gasteiger partial charge in [0.1, 0.15) is 5.69 Å². The van der Waals surface area contributed by atoms with Gasteiger partial charge in [-0.25, -0.2) is 4.68 Å².